The van der Waals surface area contributed by atoms with Crippen molar-refractivity contribution < 1.29 is 0 Å². The van der Waals surface area contributed by atoms with Gasteiger partial charge < -0.3 is 4.57 Å². The zero-order valence-corrected chi connectivity index (χ0v) is 32.1. The van der Waals surface area contributed by atoms with Crippen molar-refractivity contribution in [2.75, 3.05) is 0 Å². The molecule has 0 aliphatic carbocycles. The lowest BCUT2D eigenvalue weighted by Crippen LogP contribution is -1.99. The SMILES string of the molecule is c1ccc(-c2nc(-c3ccccc3)nc(-c3ccc4c(c3)sc3ccc(-c5ccc6c(c5)c5ccc7sc8ccccc8c7c5n6-c5ccccc5)cc34)n2)cc1. The van der Waals surface area contributed by atoms with E-state index in [2.05, 4.69) is 126 Å². The molecule has 0 radical (unpaired) electrons. The van der Waals surface area contributed by atoms with Crippen LogP contribution in [0, 0.1) is 0 Å². The van der Waals surface area contributed by atoms with Gasteiger partial charge in [0.15, 0.2) is 17.5 Å². The van der Waals surface area contributed by atoms with Crippen LogP contribution in [0.2, 0.25) is 0 Å². The molecular formula is C51H30N4S2. The number of nitrogens with zero attached hydrogens (tertiary/aromatic N) is 4. The molecule has 12 rings (SSSR count). The summed E-state index contributed by atoms with van der Waals surface area (Å²) in [6.45, 7) is 0. The van der Waals surface area contributed by atoms with Gasteiger partial charge in [0.25, 0.3) is 0 Å². The predicted molar refractivity (Wildman–Crippen MR) is 242 cm³/mol. The highest BCUT2D eigenvalue weighted by molar-refractivity contribution is 7.26. The number of thiophene rings is 2. The number of hydrogen-bond donors (Lipinski definition) is 0. The molecule has 266 valence electrons. The number of para-hydroxylation sites is 1. The summed E-state index contributed by atoms with van der Waals surface area (Å²) < 4.78 is 7.55. The molecule has 0 aliphatic heterocycles. The molecule has 0 saturated carbocycles. The van der Waals surface area contributed by atoms with Crippen LogP contribution in [0.25, 0.3) is 113 Å². The first-order valence-corrected chi connectivity index (χ1v) is 20.6. The van der Waals surface area contributed by atoms with Gasteiger partial charge in [0.05, 0.1) is 11.0 Å². The third-order valence-corrected chi connectivity index (χ3v) is 13.3. The molecule has 0 aliphatic rings. The fourth-order valence-electron chi connectivity index (χ4n) is 8.37. The van der Waals surface area contributed by atoms with Crippen molar-refractivity contribution in [2.24, 2.45) is 0 Å². The van der Waals surface area contributed by atoms with Crippen molar-refractivity contribution in [2.45, 2.75) is 0 Å². The minimum Gasteiger partial charge on any atom is -0.309 e. The van der Waals surface area contributed by atoms with Crippen molar-refractivity contribution in [3.05, 3.63) is 182 Å². The van der Waals surface area contributed by atoms with E-state index in [4.69, 9.17) is 15.0 Å². The van der Waals surface area contributed by atoms with Crippen molar-refractivity contribution in [1.29, 1.82) is 0 Å². The maximum absolute atomic E-state index is 4.99. The van der Waals surface area contributed by atoms with Crippen LogP contribution in [0.1, 0.15) is 0 Å². The molecule has 0 unspecified atom stereocenters. The van der Waals surface area contributed by atoms with E-state index in [0.29, 0.717) is 17.5 Å². The van der Waals surface area contributed by atoms with Gasteiger partial charge in [0.2, 0.25) is 0 Å². The normalized spacial score (nSPS) is 11.9. The Morgan fingerprint density at radius 3 is 1.61 bits per heavy atom. The Balaban J connectivity index is 0.996. The zero-order chi connectivity index (χ0) is 37.5. The standard InChI is InChI=1S/C51H30N4S2/c1-4-12-31(13-5-1)49-52-50(32-14-6-2-7-15-32)54-51(53-49)35-20-23-37-41-29-34(22-26-44(41)57-46(37)30-35)33-21-25-42-40(28-33)38-24-27-45-47(39-18-10-11-19-43(39)56-45)48(38)55(42)36-16-8-3-9-17-36/h1-30H. The van der Waals surface area contributed by atoms with Crippen LogP contribution < -0.4 is 0 Å². The second-order valence-electron chi connectivity index (χ2n) is 14.4. The first-order chi connectivity index (χ1) is 28.2. The Labute approximate surface area is 335 Å². The van der Waals surface area contributed by atoms with E-state index in [1.807, 2.05) is 83.3 Å². The van der Waals surface area contributed by atoms with Gasteiger partial charge in [-0.15, -0.1) is 22.7 Å². The maximum atomic E-state index is 4.99. The van der Waals surface area contributed by atoms with Gasteiger partial charge in [-0.05, 0) is 65.7 Å². The van der Waals surface area contributed by atoms with Crippen LogP contribution >= 0.6 is 22.7 Å². The summed E-state index contributed by atoms with van der Waals surface area (Å²) in [5.74, 6) is 1.99. The Morgan fingerprint density at radius 1 is 0.333 bits per heavy atom. The lowest BCUT2D eigenvalue weighted by atomic mass is 10.00. The molecule has 4 nitrogen and oxygen atoms in total. The van der Waals surface area contributed by atoms with E-state index in [1.165, 1.54) is 79.0 Å². The molecule has 12 aromatic rings. The average molecular weight is 763 g/mol. The molecule has 0 bridgehead atoms. The predicted octanol–water partition coefficient (Wildman–Crippen LogP) is 14.4. The van der Waals surface area contributed by atoms with E-state index < -0.39 is 0 Å². The van der Waals surface area contributed by atoms with Crippen molar-refractivity contribution in [3.8, 4) is 51.0 Å². The van der Waals surface area contributed by atoms with Gasteiger partial charge in [0.1, 0.15) is 0 Å². The Bertz CT molecular complexity index is 3450. The van der Waals surface area contributed by atoms with Crippen LogP contribution in [0.15, 0.2) is 182 Å². The van der Waals surface area contributed by atoms with Crippen molar-refractivity contribution in [3.63, 3.8) is 0 Å². The monoisotopic (exact) mass is 762 g/mol. The van der Waals surface area contributed by atoms with Gasteiger partial charge in [-0.2, -0.15) is 0 Å². The molecule has 0 saturated heterocycles. The summed E-state index contributed by atoms with van der Waals surface area (Å²) in [7, 11) is 0. The highest BCUT2D eigenvalue weighted by Crippen LogP contribution is 2.44. The number of rotatable bonds is 5. The molecule has 4 aromatic heterocycles. The molecule has 0 spiro atoms. The molecule has 8 aromatic carbocycles. The first-order valence-electron chi connectivity index (χ1n) is 19.0. The van der Waals surface area contributed by atoms with E-state index in [0.717, 1.165) is 16.7 Å². The van der Waals surface area contributed by atoms with Gasteiger partial charge >= 0.3 is 0 Å². The van der Waals surface area contributed by atoms with E-state index in [9.17, 15) is 0 Å². The average Bonchev–Trinajstić information content (AvgIpc) is 3.95. The number of hydrogen-bond acceptors (Lipinski definition) is 5. The maximum Gasteiger partial charge on any atom is 0.164 e. The molecule has 4 heterocycles. The molecule has 0 fully saturated rings. The topological polar surface area (TPSA) is 43.6 Å². The van der Waals surface area contributed by atoms with Crippen LogP contribution in [-0.4, -0.2) is 19.5 Å². The Kier molecular flexibility index (Phi) is 7.24. The minimum absolute atomic E-state index is 0.664. The second-order valence-corrected chi connectivity index (χ2v) is 16.6. The largest absolute Gasteiger partial charge is 0.309 e. The summed E-state index contributed by atoms with van der Waals surface area (Å²) in [5.41, 5.74) is 8.95. The highest BCUT2D eigenvalue weighted by Gasteiger charge is 2.19. The Hall–Kier alpha value is -6.99. The second kappa shape index (κ2) is 12.8. The third kappa shape index (κ3) is 5.22. The van der Waals surface area contributed by atoms with Gasteiger partial charge in [-0.3, -0.25) is 0 Å². The first kappa shape index (κ1) is 32.3. The highest BCUT2D eigenvalue weighted by atomic mass is 32.1. The molecule has 57 heavy (non-hydrogen) atoms. The van der Waals surface area contributed by atoms with Gasteiger partial charge in [-0.25, -0.2) is 15.0 Å². The van der Waals surface area contributed by atoms with Gasteiger partial charge in [-0.1, -0.05) is 127 Å². The zero-order valence-electron chi connectivity index (χ0n) is 30.4. The number of benzene rings is 8. The lowest BCUT2D eigenvalue weighted by Gasteiger charge is -2.09. The summed E-state index contributed by atoms with van der Waals surface area (Å²) in [5, 5.41) is 7.64. The fraction of sp³-hybridized carbons (Fsp3) is 0. The summed E-state index contributed by atoms with van der Waals surface area (Å²) in [6.07, 6.45) is 0. The fourth-order valence-corrected chi connectivity index (χ4v) is 10.6. The molecule has 6 heteroatoms. The number of fused-ring (bicyclic) bond motifs is 10. The van der Waals surface area contributed by atoms with Crippen LogP contribution in [0.4, 0.5) is 0 Å². The van der Waals surface area contributed by atoms with Crippen molar-refractivity contribution in [1.82, 2.24) is 19.5 Å². The molecule has 0 N–H and O–H groups in total. The smallest absolute Gasteiger partial charge is 0.164 e. The summed E-state index contributed by atoms with van der Waals surface area (Å²) >= 11 is 3.68. The van der Waals surface area contributed by atoms with Crippen LogP contribution in [0.3, 0.4) is 0 Å². The third-order valence-electron chi connectivity index (χ3n) is 11.0. The molecule has 0 amide bonds. The van der Waals surface area contributed by atoms with E-state index >= 15 is 0 Å². The lowest BCUT2D eigenvalue weighted by molar-refractivity contribution is 1.07. The number of aromatic nitrogens is 4. The van der Waals surface area contributed by atoms with E-state index in [-0.39, 0.29) is 0 Å². The van der Waals surface area contributed by atoms with Crippen molar-refractivity contribution >= 4 is 84.8 Å². The Morgan fingerprint density at radius 2 is 0.877 bits per heavy atom. The minimum atomic E-state index is 0.664. The van der Waals surface area contributed by atoms with Crippen LogP contribution in [0.5, 0.6) is 0 Å². The van der Waals surface area contributed by atoms with Crippen LogP contribution in [-0.2, 0) is 0 Å². The molecular weight excluding hydrogens is 733 g/mol. The van der Waals surface area contributed by atoms with Gasteiger partial charge in [0, 0.05) is 73.5 Å². The quantitative estimate of drug-likeness (QED) is 0.175. The van der Waals surface area contributed by atoms with E-state index in [1.54, 1.807) is 0 Å². The summed E-state index contributed by atoms with van der Waals surface area (Å²) in [4.78, 5) is 14.9. The molecule has 0 atom stereocenters. The summed E-state index contributed by atoms with van der Waals surface area (Å²) in [6, 6.07) is 65.0.